The van der Waals surface area contributed by atoms with Gasteiger partial charge in [-0.2, -0.15) is 4.31 Å². The molecule has 138 valence electrons. The molecule has 7 heteroatoms. The second-order valence-corrected chi connectivity index (χ2v) is 9.14. The highest BCUT2D eigenvalue weighted by Gasteiger charge is 2.44. The molecule has 0 saturated carbocycles. The van der Waals surface area contributed by atoms with Crippen molar-refractivity contribution in [2.45, 2.75) is 38.6 Å². The predicted molar refractivity (Wildman–Crippen MR) is 95.9 cm³/mol. The number of carbonyl (C=O) groups is 1. The van der Waals surface area contributed by atoms with Gasteiger partial charge in [0.2, 0.25) is 10.0 Å². The highest BCUT2D eigenvalue weighted by Crippen LogP contribution is 2.42. The summed E-state index contributed by atoms with van der Waals surface area (Å²) in [5, 5.41) is 0. The minimum absolute atomic E-state index is 0.229. The van der Waals surface area contributed by atoms with Crippen LogP contribution in [0.1, 0.15) is 36.5 Å². The third kappa shape index (κ3) is 3.53. The second-order valence-electron chi connectivity index (χ2n) is 7.16. The molecule has 2 heterocycles. The number of piperidine rings is 1. The van der Waals surface area contributed by atoms with Crippen molar-refractivity contribution in [3.8, 4) is 0 Å². The molecular formula is C18H26N2O4S. The zero-order chi connectivity index (χ0) is 18.2. The minimum atomic E-state index is -3.27. The van der Waals surface area contributed by atoms with Crippen molar-refractivity contribution >= 4 is 16.1 Å². The smallest absolute Gasteiger partial charge is 0.409 e. The monoisotopic (exact) mass is 366 g/mol. The van der Waals surface area contributed by atoms with Crippen molar-refractivity contribution in [3.63, 3.8) is 0 Å². The number of nitrogens with zero attached hydrogens (tertiary/aromatic N) is 2. The van der Waals surface area contributed by atoms with Gasteiger partial charge >= 0.3 is 6.09 Å². The van der Waals surface area contributed by atoms with Gasteiger partial charge < -0.3 is 9.64 Å². The van der Waals surface area contributed by atoms with Crippen LogP contribution in [0.25, 0.3) is 0 Å². The molecule has 0 radical (unpaired) electrons. The first kappa shape index (κ1) is 18.2. The van der Waals surface area contributed by atoms with Gasteiger partial charge in [0.15, 0.2) is 0 Å². The largest absolute Gasteiger partial charge is 0.450 e. The molecule has 3 rings (SSSR count). The summed E-state index contributed by atoms with van der Waals surface area (Å²) < 4.78 is 31.1. The lowest BCUT2D eigenvalue weighted by Gasteiger charge is -2.47. The van der Waals surface area contributed by atoms with E-state index in [4.69, 9.17) is 4.74 Å². The van der Waals surface area contributed by atoms with Crippen LogP contribution in [0.4, 0.5) is 4.79 Å². The maximum atomic E-state index is 12.2. The molecule has 2 aliphatic heterocycles. The number of rotatable bonds is 2. The van der Waals surface area contributed by atoms with Gasteiger partial charge in [0.1, 0.15) is 0 Å². The molecule has 2 aliphatic rings. The Balaban J connectivity index is 1.91. The fraction of sp³-hybridized carbons (Fsp3) is 0.611. The van der Waals surface area contributed by atoms with Crippen molar-refractivity contribution in [1.29, 1.82) is 0 Å². The fourth-order valence-corrected chi connectivity index (χ4v) is 4.89. The number of likely N-dealkylation sites (tertiary alicyclic amines) is 1. The van der Waals surface area contributed by atoms with Gasteiger partial charge in [-0.05, 0) is 37.8 Å². The van der Waals surface area contributed by atoms with Gasteiger partial charge in [0, 0.05) is 31.6 Å². The van der Waals surface area contributed by atoms with E-state index >= 15 is 0 Å². The summed E-state index contributed by atoms with van der Waals surface area (Å²) in [6.07, 6.45) is 2.48. The summed E-state index contributed by atoms with van der Waals surface area (Å²) >= 11 is 0. The summed E-state index contributed by atoms with van der Waals surface area (Å²) in [5.74, 6) is 0. The van der Waals surface area contributed by atoms with Crippen LogP contribution in [0, 0.1) is 6.92 Å². The van der Waals surface area contributed by atoms with Gasteiger partial charge in [0.05, 0.1) is 12.9 Å². The van der Waals surface area contributed by atoms with Gasteiger partial charge in [0.25, 0.3) is 0 Å². The predicted octanol–water partition coefficient (Wildman–Crippen LogP) is 2.26. The molecule has 0 N–H and O–H groups in total. The fourth-order valence-electron chi connectivity index (χ4n) is 4.03. The first-order valence-electron chi connectivity index (χ1n) is 8.72. The quantitative estimate of drug-likeness (QED) is 0.805. The molecule has 25 heavy (non-hydrogen) atoms. The number of sulfonamides is 1. The van der Waals surface area contributed by atoms with Crippen molar-refractivity contribution in [1.82, 2.24) is 9.21 Å². The maximum Gasteiger partial charge on any atom is 0.409 e. The van der Waals surface area contributed by atoms with Crippen LogP contribution < -0.4 is 0 Å². The molecule has 0 bridgehead atoms. The third-order valence-corrected chi connectivity index (χ3v) is 6.57. The van der Waals surface area contributed by atoms with E-state index in [0.29, 0.717) is 32.8 Å². The Bertz CT molecular complexity index is 767. The van der Waals surface area contributed by atoms with Crippen LogP contribution >= 0.6 is 0 Å². The highest BCUT2D eigenvalue weighted by molar-refractivity contribution is 7.88. The summed E-state index contributed by atoms with van der Waals surface area (Å²) in [5.41, 5.74) is 3.23. The van der Waals surface area contributed by atoms with E-state index < -0.39 is 10.0 Å². The van der Waals surface area contributed by atoms with Gasteiger partial charge in [-0.25, -0.2) is 13.2 Å². The Morgan fingerprint density at radius 3 is 2.56 bits per heavy atom. The molecule has 1 aromatic carbocycles. The van der Waals surface area contributed by atoms with Crippen LogP contribution in [0.15, 0.2) is 18.2 Å². The molecule has 1 amide bonds. The lowest BCUT2D eigenvalue weighted by atomic mass is 9.69. The average Bonchev–Trinajstić information content (AvgIpc) is 2.54. The van der Waals surface area contributed by atoms with Crippen molar-refractivity contribution in [2.75, 3.05) is 32.5 Å². The molecule has 0 aliphatic carbocycles. The van der Waals surface area contributed by atoms with Crippen molar-refractivity contribution < 1.29 is 17.9 Å². The SMILES string of the molecule is CCOC(=O)N1CCC2(CC1)CN(S(C)(=O)=O)Cc1cc(C)ccc12. The van der Waals surface area contributed by atoms with Crippen LogP contribution in [-0.4, -0.2) is 56.2 Å². The van der Waals surface area contributed by atoms with E-state index in [1.165, 1.54) is 11.8 Å². The Morgan fingerprint density at radius 2 is 1.96 bits per heavy atom. The maximum absolute atomic E-state index is 12.2. The first-order chi connectivity index (χ1) is 11.7. The van der Waals surface area contributed by atoms with Crippen LogP contribution in [0.3, 0.4) is 0 Å². The molecule has 6 nitrogen and oxygen atoms in total. The van der Waals surface area contributed by atoms with E-state index in [1.54, 1.807) is 16.1 Å². The molecule has 0 atom stereocenters. The number of ether oxygens (including phenoxy) is 1. The number of fused-ring (bicyclic) bond motifs is 2. The van der Waals surface area contributed by atoms with Crippen molar-refractivity contribution in [2.24, 2.45) is 0 Å². The summed E-state index contributed by atoms with van der Waals surface area (Å²) in [6.45, 7) is 6.28. The van der Waals surface area contributed by atoms with Gasteiger partial charge in [-0.1, -0.05) is 23.8 Å². The molecule has 1 saturated heterocycles. The topological polar surface area (TPSA) is 66.9 Å². The Morgan fingerprint density at radius 1 is 1.28 bits per heavy atom. The zero-order valence-electron chi connectivity index (χ0n) is 15.1. The molecule has 1 fully saturated rings. The first-order valence-corrected chi connectivity index (χ1v) is 10.6. The average molecular weight is 366 g/mol. The van der Waals surface area contributed by atoms with Gasteiger partial charge in [-0.3, -0.25) is 0 Å². The van der Waals surface area contributed by atoms with Crippen LogP contribution in [0.2, 0.25) is 0 Å². The molecule has 1 spiro atoms. The summed E-state index contributed by atoms with van der Waals surface area (Å²) in [6, 6.07) is 6.32. The van der Waals surface area contributed by atoms with Crippen LogP contribution in [-0.2, 0) is 26.7 Å². The minimum Gasteiger partial charge on any atom is -0.450 e. The van der Waals surface area contributed by atoms with Crippen molar-refractivity contribution in [3.05, 3.63) is 34.9 Å². The number of benzene rings is 1. The van der Waals surface area contributed by atoms with E-state index in [-0.39, 0.29) is 11.5 Å². The second kappa shape index (κ2) is 6.61. The Hall–Kier alpha value is -1.60. The molecule has 0 aromatic heterocycles. The number of hydrogen-bond acceptors (Lipinski definition) is 4. The third-order valence-electron chi connectivity index (χ3n) is 5.37. The highest BCUT2D eigenvalue weighted by atomic mass is 32.2. The molecule has 0 unspecified atom stereocenters. The summed E-state index contributed by atoms with van der Waals surface area (Å²) in [7, 11) is -3.27. The standard InChI is InChI=1S/C18H26N2O4S/c1-4-24-17(21)19-9-7-18(8-10-19)13-20(25(3,22)23)12-15-11-14(2)5-6-16(15)18/h5-6,11H,4,7-10,12-13H2,1-3H3. The number of hydrogen-bond donors (Lipinski definition) is 0. The normalized spacial score (nSPS) is 20.4. The Kier molecular flexibility index (Phi) is 4.81. The Labute approximate surface area is 149 Å². The van der Waals surface area contributed by atoms with Gasteiger partial charge in [-0.15, -0.1) is 0 Å². The lowest BCUT2D eigenvalue weighted by Crippen LogP contribution is -2.54. The summed E-state index contributed by atoms with van der Waals surface area (Å²) in [4.78, 5) is 13.7. The van der Waals surface area contributed by atoms with E-state index in [1.807, 2.05) is 6.92 Å². The lowest BCUT2D eigenvalue weighted by molar-refractivity contribution is 0.0795. The van der Waals surface area contributed by atoms with E-state index in [2.05, 4.69) is 18.2 Å². The van der Waals surface area contributed by atoms with E-state index in [9.17, 15) is 13.2 Å². The number of carbonyl (C=O) groups excluding carboxylic acids is 1. The molecule has 1 aromatic rings. The van der Waals surface area contributed by atoms with Crippen LogP contribution in [0.5, 0.6) is 0 Å². The number of aryl methyl sites for hydroxylation is 1. The molecular weight excluding hydrogens is 340 g/mol. The zero-order valence-corrected chi connectivity index (χ0v) is 15.9. The van der Waals surface area contributed by atoms with E-state index in [0.717, 1.165) is 24.0 Å². The number of amides is 1.